The van der Waals surface area contributed by atoms with E-state index in [1.165, 1.54) is 0 Å². The zero-order valence-electron chi connectivity index (χ0n) is 13.8. The summed E-state index contributed by atoms with van der Waals surface area (Å²) < 4.78 is 15.0. The van der Waals surface area contributed by atoms with Crippen LogP contribution in [0.2, 0.25) is 0 Å². The summed E-state index contributed by atoms with van der Waals surface area (Å²) in [6.07, 6.45) is 7.80. The Morgan fingerprint density at radius 2 is 2.26 bits per heavy atom. The summed E-state index contributed by atoms with van der Waals surface area (Å²) in [5.41, 5.74) is 1.80. The lowest BCUT2D eigenvalue weighted by Crippen LogP contribution is -2.18. The van der Waals surface area contributed by atoms with E-state index in [0.717, 1.165) is 24.1 Å². The summed E-state index contributed by atoms with van der Waals surface area (Å²) in [4.78, 5) is 12.0. The van der Waals surface area contributed by atoms with E-state index in [0.29, 0.717) is 26.2 Å². The molecule has 126 valence electrons. The van der Waals surface area contributed by atoms with Crippen molar-refractivity contribution in [3.05, 3.63) is 35.3 Å². The Labute approximate surface area is 137 Å². The van der Waals surface area contributed by atoms with Gasteiger partial charge in [-0.3, -0.25) is 0 Å². The maximum Gasteiger partial charge on any atom is 0.349 e. The van der Waals surface area contributed by atoms with Gasteiger partial charge >= 0.3 is 5.97 Å². The molecule has 0 spiro atoms. The van der Waals surface area contributed by atoms with E-state index >= 15 is 0 Å². The fourth-order valence-corrected chi connectivity index (χ4v) is 2.15. The van der Waals surface area contributed by atoms with Crippen molar-refractivity contribution in [2.24, 2.45) is 0 Å². The van der Waals surface area contributed by atoms with Crippen LogP contribution in [-0.2, 0) is 19.0 Å². The van der Waals surface area contributed by atoms with Gasteiger partial charge in [0, 0.05) is 18.8 Å². The normalized spacial score (nSPS) is 16.5. The van der Waals surface area contributed by atoms with Crippen LogP contribution >= 0.6 is 0 Å². The van der Waals surface area contributed by atoms with Crippen LogP contribution < -0.4 is 5.32 Å². The molecule has 1 aliphatic carbocycles. The Kier molecular flexibility index (Phi) is 9.25. The molecule has 0 heterocycles. The average Bonchev–Trinajstić information content (AvgIpc) is 2.57. The predicted octanol–water partition coefficient (Wildman–Crippen LogP) is 2.20. The first kappa shape index (κ1) is 18.8. The summed E-state index contributed by atoms with van der Waals surface area (Å²) in [7, 11) is 1.59. The van der Waals surface area contributed by atoms with Crippen molar-refractivity contribution in [3.8, 4) is 6.07 Å². The number of ether oxygens (including phenoxy) is 3. The molecule has 6 nitrogen and oxygen atoms in total. The highest BCUT2D eigenvalue weighted by atomic mass is 16.6. The lowest BCUT2D eigenvalue weighted by molar-refractivity contribution is -0.140. The molecule has 0 atom stereocenters. The first-order chi connectivity index (χ1) is 11.2. The second-order valence-electron chi connectivity index (χ2n) is 4.86. The Bertz CT molecular complexity index is 515. The van der Waals surface area contributed by atoms with Gasteiger partial charge in [0.1, 0.15) is 18.2 Å². The van der Waals surface area contributed by atoms with Crippen molar-refractivity contribution in [1.29, 1.82) is 5.26 Å². The first-order valence-electron chi connectivity index (χ1n) is 7.73. The van der Waals surface area contributed by atoms with Gasteiger partial charge in [0.25, 0.3) is 0 Å². The van der Waals surface area contributed by atoms with Gasteiger partial charge in [-0.2, -0.15) is 5.26 Å². The molecule has 0 saturated carbocycles. The van der Waals surface area contributed by atoms with E-state index in [1.54, 1.807) is 13.4 Å². The number of allylic oxidation sites excluding steroid dienone is 3. The number of hydrogen-bond donors (Lipinski definition) is 1. The van der Waals surface area contributed by atoms with Crippen molar-refractivity contribution in [2.75, 3.05) is 33.5 Å². The van der Waals surface area contributed by atoms with Crippen molar-refractivity contribution < 1.29 is 19.0 Å². The van der Waals surface area contributed by atoms with Crippen molar-refractivity contribution in [3.63, 3.8) is 0 Å². The maximum atomic E-state index is 12.0. The van der Waals surface area contributed by atoms with Gasteiger partial charge in [0.05, 0.1) is 20.0 Å². The number of nitrogens with zero attached hydrogens (tertiary/aromatic N) is 1. The summed E-state index contributed by atoms with van der Waals surface area (Å²) in [6.45, 7) is 3.56. The Morgan fingerprint density at radius 3 is 2.96 bits per heavy atom. The minimum Gasteiger partial charge on any atom is -0.505 e. The molecule has 0 bridgehead atoms. The fourth-order valence-electron chi connectivity index (χ4n) is 2.15. The summed E-state index contributed by atoms with van der Waals surface area (Å²) in [5, 5.41) is 12.5. The number of rotatable bonds is 9. The van der Waals surface area contributed by atoms with Crippen molar-refractivity contribution in [2.45, 2.75) is 26.2 Å². The van der Waals surface area contributed by atoms with Crippen LogP contribution in [0, 0.1) is 11.3 Å². The van der Waals surface area contributed by atoms with Gasteiger partial charge in [-0.25, -0.2) is 4.79 Å². The minimum atomic E-state index is -0.584. The van der Waals surface area contributed by atoms with Gasteiger partial charge < -0.3 is 19.5 Å². The lowest BCUT2D eigenvalue weighted by atomic mass is 9.95. The molecule has 0 radical (unpaired) electrons. The summed E-state index contributed by atoms with van der Waals surface area (Å²) in [6, 6.07) is 1.97. The van der Waals surface area contributed by atoms with Crippen molar-refractivity contribution in [1.82, 2.24) is 5.32 Å². The quantitative estimate of drug-likeness (QED) is 0.231. The van der Waals surface area contributed by atoms with Crippen LogP contribution in [0.5, 0.6) is 0 Å². The van der Waals surface area contributed by atoms with Crippen LogP contribution in [0.3, 0.4) is 0 Å². The van der Waals surface area contributed by atoms with E-state index in [-0.39, 0.29) is 12.2 Å². The topological polar surface area (TPSA) is 80.6 Å². The molecule has 6 heteroatoms. The molecule has 23 heavy (non-hydrogen) atoms. The molecule has 0 aromatic heterocycles. The first-order valence-corrected chi connectivity index (χ1v) is 7.73. The second kappa shape index (κ2) is 11.3. The van der Waals surface area contributed by atoms with Gasteiger partial charge in [0.15, 0.2) is 0 Å². The Hall–Kier alpha value is -2.26. The van der Waals surface area contributed by atoms with Crippen LogP contribution in [0.25, 0.3) is 0 Å². The zero-order chi connectivity index (χ0) is 16.9. The fraction of sp³-hybridized carbons (Fsp3) is 0.529. The van der Waals surface area contributed by atoms with Crippen LogP contribution in [-0.4, -0.2) is 39.4 Å². The van der Waals surface area contributed by atoms with Crippen molar-refractivity contribution >= 4 is 5.97 Å². The third kappa shape index (κ3) is 7.02. The van der Waals surface area contributed by atoms with E-state index < -0.39 is 5.97 Å². The molecule has 1 N–H and O–H groups in total. The minimum absolute atomic E-state index is 0.0768. The highest BCUT2D eigenvalue weighted by Crippen LogP contribution is 2.24. The smallest absolute Gasteiger partial charge is 0.349 e. The van der Waals surface area contributed by atoms with Crippen LogP contribution in [0.4, 0.5) is 0 Å². The molecule has 1 aliphatic rings. The van der Waals surface area contributed by atoms with E-state index in [9.17, 15) is 10.1 Å². The molecule has 0 fully saturated rings. The number of nitrogens with one attached hydrogen (secondary N) is 1. The molecule has 0 aromatic carbocycles. The van der Waals surface area contributed by atoms with Crippen LogP contribution in [0.15, 0.2) is 35.3 Å². The van der Waals surface area contributed by atoms with E-state index in [1.807, 2.05) is 25.1 Å². The maximum absolute atomic E-state index is 12.0. The number of hydrogen-bond acceptors (Lipinski definition) is 6. The number of esters is 1. The number of carbonyl (C=O) groups excluding carboxylic acids is 1. The van der Waals surface area contributed by atoms with Crippen LogP contribution in [0.1, 0.15) is 26.2 Å². The standard InChI is InChI=1S/C17H24N2O4/c1-3-22-10-11-23-17(20)16(13-18)14-6-4-7-15(12-14)19-8-5-9-21-2/h5,9,12,19H,3-4,6-8,10-11H2,1-2H3/b9-5+,16-14-. The highest BCUT2D eigenvalue weighted by molar-refractivity contribution is 5.94. The van der Waals surface area contributed by atoms with Gasteiger partial charge in [0.2, 0.25) is 0 Å². The molecular formula is C17H24N2O4. The lowest BCUT2D eigenvalue weighted by Gasteiger charge is -2.17. The molecule has 0 aromatic rings. The summed E-state index contributed by atoms with van der Waals surface area (Å²) in [5.74, 6) is -0.584. The third-order valence-electron chi connectivity index (χ3n) is 3.22. The number of nitriles is 1. The molecule has 1 rings (SSSR count). The molecular weight excluding hydrogens is 296 g/mol. The molecule has 0 aliphatic heterocycles. The van der Waals surface area contributed by atoms with E-state index in [4.69, 9.17) is 14.2 Å². The monoisotopic (exact) mass is 320 g/mol. The third-order valence-corrected chi connectivity index (χ3v) is 3.22. The van der Waals surface area contributed by atoms with E-state index in [2.05, 4.69) is 5.32 Å². The molecule has 0 unspecified atom stereocenters. The second-order valence-corrected chi connectivity index (χ2v) is 4.86. The number of methoxy groups -OCH3 is 1. The van der Waals surface area contributed by atoms with Gasteiger partial charge in [-0.15, -0.1) is 0 Å². The van der Waals surface area contributed by atoms with Gasteiger partial charge in [-0.05, 0) is 43.9 Å². The largest absolute Gasteiger partial charge is 0.505 e. The Balaban J connectivity index is 2.69. The SMILES string of the molecule is CCOCCOC(=O)/C(C#N)=C1\C=C(NC/C=C/OC)CCC1. The average molecular weight is 320 g/mol. The van der Waals surface area contributed by atoms with Gasteiger partial charge in [-0.1, -0.05) is 0 Å². The molecule has 0 saturated heterocycles. The highest BCUT2D eigenvalue weighted by Gasteiger charge is 2.18. The summed E-state index contributed by atoms with van der Waals surface area (Å²) >= 11 is 0. The Morgan fingerprint density at radius 1 is 1.43 bits per heavy atom. The predicted molar refractivity (Wildman–Crippen MR) is 86.2 cm³/mol. The molecule has 0 amide bonds. The number of carbonyl (C=O) groups is 1. The zero-order valence-corrected chi connectivity index (χ0v) is 13.8.